The van der Waals surface area contributed by atoms with Crippen LogP contribution in [0.3, 0.4) is 0 Å². The van der Waals surface area contributed by atoms with Crippen LogP contribution in [0.25, 0.3) is 0 Å². The molecule has 0 saturated carbocycles. The van der Waals surface area contributed by atoms with E-state index in [4.69, 9.17) is 11.5 Å². The summed E-state index contributed by atoms with van der Waals surface area (Å²) >= 11 is 0. The second-order valence-corrected chi connectivity index (χ2v) is 4.49. The number of rotatable bonds is 2. The molecule has 0 unspecified atom stereocenters. The minimum atomic E-state index is -0.723. The molecule has 0 aromatic heterocycles. The fraction of sp³-hybridized carbons (Fsp3) is 0.333. The first-order valence-corrected chi connectivity index (χ1v) is 5.78. The molecule has 1 fully saturated rings. The maximum Gasteiger partial charge on any atom is 0.250 e. The van der Waals surface area contributed by atoms with Crippen molar-refractivity contribution >= 4 is 23.2 Å². The van der Waals surface area contributed by atoms with Crippen molar-refractivity contribution in [2.24, 2.45) is 5.73 Å². The van der Waals surface area contributed by atoms with Crippen LogP contribution in [0.5, 0.6) is 0 Å². The number of nitrogen functional groups attached to an aromatic ring is 1. The lowest BCUT2D eigenvalue weighted by Gasteiger charge is -2.33. The highest BCUT2D eigenvalue weighted by Crippen LogP contribution is 2.26. The number of likely N-dealkylation sites (N-methyl/N-ethyl adjacent to an activating group) is 1. The van der Waals surface area contributed by atoms with Crippen LogP contribution in [-0.4, -0.2) is 43.4 Å². The van der Waals surface area contributed by atoms with Gasteiger partial charge in [0.05, 0.1) is 17.8 Å². The van der Waals surface area contributed by atoms with Gasteiger partial charge in [0.15, 0.2) is 0 Å². The van der Waals surface area contributed by atoms with Crippen molar-refractivity contribution in [2.75, 3.05) is 37.3 Å². The molecule has 1 aliphatic heterocycles. The number of nitrogens with two attached hydrogens (primary N) is 2. The molecule has 0 bridgehead atoms. The number of nitrogens with zero attached hydrogens (tertiary/aromatic N) is 2. The maximum atomic E-state index is 13.9. The van der Waals surface area contributed by atoms with E-state index in [0.29, 0.717) is 13.1 Å². The number of anilines is 2. The summed E-state index contributed by atoms with van der Waals surface area (Å²) in [5.41, 5.74) is 10.9. The number of primary amides is 1. The van der Waals surface area contributed by atoms with Crippen LogP contribution in [0.4, 0.5) is 15.8 Å². The summed E-state index contributed by atoms with van der Waals surface area (Å²) in [6.45, 7) is 1.05. The Hall–Kier alpha value is -2.31. The monoisotopic (exact) mass is 266 g/mol. The normalized spacial score (nSPS) is 15.8. The van der Waals surface area contributed by atoms with E-state index in [9.17, 15) is 14.0 Å². The van der Waals surface area contributed by atoms with Gasteiger partial charge in [-0.15, -0.1) is 0 Å². The van der Waals surface area contributed by atoms with Crippen LogP contribution in [0, 0.1) is 5.82 Å². The SMILES string of the molecule is CN1CCN(c2cc(C(N)=O)c(N)cc2F)CC1=O. The number of amides is 2. The maximum absolute atomic E-state index is 13.9. The van der Waals surface area contributed by atoms with Gasteiger partial charge >= 0.3 is 0 Å². The Kier molecular flexibility index (Phi) is 3.28. The third kappa shape index (κ3) is 2.44. The molecule has 0 aliphatic carbocycles. The van der Waals surface area contributed by atoms with Crippen LogP contribution in [0.1, 0.15) is 10.4 Å². The molecule has 0 spiro atoms. The number of halogens is 1. The van der Waals surface area contributed by atoms with Crippen molar-refractivity contribution in [1.29, 1.82) is 0 Å². The quantitative estimate of drug-likeness (QED) is 0.724. The Morgan fingerprint density at radius 3 is 2.63 bits per heavy atom. The number of carbonyl (C=O) groups excluding carboxylic acids is 2. The number of benzene rings is 1. The molecule has 2 amide bonds. The molecule has 1 heterocycles. The van der Waals surface area contributed by atoms with E-state index < -0.39 is 11.7 Å². The standard InChI is InChI=1S/C12H15FN4O2/c1-16-2-3-17(6-11(16)18)10-4-7(12(15)19)9(14)5-8(10)13/h4-5H,2-3,6,14H2,1H3,(H2,15,19). The van der Waals surface area contributed by atoms with Crippen molar-refractivity contribution < 1.29 is 14.0 Å². The Bertz CT molecular complexity index is 547. The van der Waals surface area contributed by atoms with Crippen molar-refractivity contribution in [3.05, 3.63) is 23.5 Å². The topological polar surface area (TPSA) is 92.7 Å². The molecule has 0 atom stereocenters. The van der Waals surface area contributed by atoms with Gasteiger partial charge in [-0.25, -0.2) is 4.39 Å². The first kappa shape index (κ1) is 13.1. The van der Waals surface area contributed by atoms with Crippen molar-refractivity contribution in [1.82, 2.24) is 4.90 Å². The van der Waals surface area contributed by atoms with E-state index in [-0.39, 0.29) is 29.4 Å². The van der Waals surface area contributed by atoms with Gasteiger partial charge in [-0.3, -0.25) is 9.59 Å². The van der Waals surface area contributed by atoms with Gasteiger partial charge in [0, 0.05) is 25.8 Å². The van der Waals surface area contributed by atoms with Gasteiger partial charge < -0.3 is 21.3 Å². The second kappa shape index (κ2) is 4.75. The molecule has 7 heteroatoms. The zero-order chi connectivity index (χ0) is 14.2. The zero-order valence-corrected chi connectivity index (χ0v) is 10.5. The highest BCUT2D eigenvalue weighted by atomic mass is 19.1. The highest BCUT2D eigenvalue weighted by Gasteiger charge is 2.24. The molecule has 1 saturated heterocycles. The molecular formula is C12H15FN4O2. The molecule has 102 valence electrons. The molecular weight excluding hydrogens is 251 g/mol. The summed E-state index contributed by atoms with van der Waals surface area (Å²) in [7, 11) is 1.69. The summed E-state index contributed by atoms with van der Waals surface area (Å²) < 4.78 is 13.9. The van der Waals surface area contributed by atoms with Gasteiger partial charge in [0.2, 0.25) is 5.91 Å². The highest BCUT2D eigenvalue weighted by molar-refractivity contribution is 5.99. The minimum Gasteiger partial charge on any atom is -0.398 e. The Labute approximate surface area is 109 Å². The largest absolute Gasteiger partial charge is 0.398 e. The van der Waals surface area contributed by atoms with Crippen LogP contribution in [0.15, 0.2) is 12.1 Å². The van der Waals surface area contributed by atoms with Gasteiger partial charge in [-0.1, -0.05) is 0 Å². The Balaban J connectivity index is 2.37. The second-order valence-electron chi connectivity index (χ2n) is 4.49. The number of carbonyl (C=O) groups is 2. The molecule has 4 N–H and O–H groups in total. The smallest absolute Gasteiger partial charge is 0.250 e. The Morgan fingerprint density at radius 2 is 2.05 bits per heavy atom. The summed E-state index contributed by atoms with van der Waals surface area (Å²) in [5, 5.41) is 0. The molecule has 2 rings (SSSR count). The van der Waals surface area contributed by atoms with E-state index in [2.05, 4.69) is 0 Å². The van der Waals surface area contributed by atoms with Crippen LogP contribution >= 0.6 is 0 Å². The van der Waals surface area contributed by atoms with Gasteiger partial charge in [0.25, 0.3) is 5.91 Å². The lowest BCUT2D eigenvalue weighted by atomic mass is 10.1. The Morgan fingerprint density at radius 1 is 1.37 bits per heavy atom. The predicted molar refractivity (Wildman–Crippen MR) is 69.2 cm³/mol. The van der Waals surface area contributed by atoms with E-state index >= 15 is 0 Å². The van der Waals surface area contributed by atoms with Crippen molar-refractivity contribution in [2.45, 2.75) is 0 Å². The van der Waals surface area contributed by atoms with Gasteiger partial charge in [0.1, 0.15) is 5.82 Å². The van der Waals surface area contributed by atoms with E-state index in [0.717, 1.165) is 6.07 Å². The molecule has 1 aromatic carbocycles. The molecule has 1 aliphatic rings. The first-order chi connectivity index (χ1) is 8.90. The fourth-order valence-electron chi connectivity index (χ4n) is 2.00. The number of hydrogen-bond acceptors (Lipinski definition) is 4. The zero-order valence-electron chi connectivity index (χ0n) is 10.5. The number of piperazine rings is 1. The summed E-state index contributed by atoms with van der Waals surface area (Å²) in [4.78, 5) is 26.0. The summed E-state index contributed by atoms with van der Waals surface area (Å²) in [6, 6.07) is 2.35. The van der Waals surface area contributed by atoms with E-state index in [1.807, 2.05) is 0 Å². The first-order valence-electron chi connectivity index (χ1n) is 5.78. The summed E-state index contributed by atoms with van der Waals surface area (Å²) in [6.07, 6.45) is 0. The average molecular weight is 266 g/mol. The van der Waals surface area contributed by atoms with Crippen molar-refractivity contribution in [3.63, 3.8) is 0 Å². The van der Waals surface area contributed by atoms with Crippen LogP contribution in [-0.2, 0) is 4.79 Å². The molecule has 0 radical (unpaired) electrons. The van der Waals surface area contributed by atoms with E-state index in [1.165, 1.54) is 6.07 Å². The summed E-state index contributed by atoms with van der Waals surface area (Å²) in [5.74, 6) is -1.40. The van der Waals surface area contributed by atoms with E-state index in [1.54, 1.807) is 16.8 Å². The molecule has 6 nitrogen and oxygen atoms in total. The van der Waals surface area contributed by atoms with Crippen LogP contribution in [0.2, 0.25) is 0 Å². The third-order valence-corrected chi connectivity index (χ3v) is 3.18. The molecule has 19 heavy (non-hydrogen) atoms. The predicted octanol–water partition coefficient (Wildman–Crippen LogP) is -0.215. The lowest BCUT2D eigenvalue weighted by molar-refractivity contribution is -0.129. The average Bonchev–Trinajstić information content (AvgIpc) is 2.32. The molecule has 1 aromatic rings. The van der Waals surface area contributed by atoms with Gasteiger partial charge in [-0.05, 0) is 12.1 Å². The van der Waals surface area contributed by atoms with Crippen molar-refractivity contribution in [3.8, 4) is 0 Å². The third-order valence-electron chi connectivity index (χ3n) is 3.18. The number of hydrogen-bond donors (Lipinski definition) is 2. The minimum absolute atomic E-state index is 0.00537. The fourth-order valence-corrected chi connectivity index (χ4v) is 2.00. The lowest BCUT2D eigenvalue weighted by Crippen LogP contribution is -2.48. The van der Waals surface area contributed by atoms with Crippen LogP contribution < -0.4 is 16.4 Å². The van der Waals surface area contributed by atoms with Gasteiger partial charge in [-0.2, -0.15) is 0 Å².